The Hall–Kier alpha value is -3.27. The lowest BCUT2D eigenvalue weighted by Gasteiger charge is -2.37. The third kappa shape index (κ3) is 4.18. The van der Waals surface area contributed by atoms with Crippen LogP contribution in [0.4, 0.5) is 5.69 Å². The number of anilines is 1. The van der Waals surface area contributed by atoms with Gasteiger partial charge < -0.3 is 15.2 Å². The molecule has 0 radical (unpaired) electrons. The maximum absolute atomic E-state index is 13.1. The van der Waals surface area contributed by atoms with Crippen molar-refractivity contribution in [2.45, 2.75) is 38.2 Å². The molecular weight excluding hydrogens is 436 g/mol. The fraction of sp³-hybridized carbons (Fsp3) is 0.400. The van der Waals surface area contributed by atoms with Gasteiger partial charge in [0, 0.05) is 55.8 Å². The summed E-state index contributed by atoms with van der Waals surface area (Å²) in [5, 5.41) is 16.6. The second-order valence-electron chi connectivity index (χ2n) is 8.93. The number of carbonyl (C=O) groups is 3. The van der Waals surface area contributed by atoms with Crippen LogP contribution in [0.2, 0.25) is 0 Å². The van der Waals surface area contributed by atoms with Crippen LogP contribution in [0.3, 0.4) is 0 Å². The van der Waals surface area contributed by atoms with Gasteiger partial charge in [-0.2, -0.15) is 0 Å². The SMILES string of the molecule is O=C1CCC(O)(N2Cc3c(NCc4ccccc4CN4CCOCC4)cccc3C2=O)C(=O)N1. The van der Waals surface area contributed by atoms with Gasteiger partial charge in [-0.3, -0.25) is 29.5 Å². The molecule has 3 aliphatic heterocycles. The number of nitrogens with one attached hydrogen (secondary N) is 2. The van der Waals surface area contributed by atoms with E-state index >= 15 is 0 Å². The molecule has 9 nitrogen and oxygen atoms in total. The lowest BCUT2D eigenvalue weighted by atomic mass is 10.00. The fourth-order valence-corrected chi connectivity index (χ4v) is 4.82. The molecule has 3 N–H and O–H groups in total. The average molecular weight is 465 g/mol. The Balaban J connectivity index is 1.33. The number of morpholine rings is 1. The van der Waals surface area contributed by atoms with E-state index in [1.807, 2.05) is 18.2 Å². The van der Waals surface area contributed by atoms with Gasteiger partial charge in [0.25, 0.3) is 11.8 Å². The summed E-state index contributed by atoms with van der Waals surface area (Å²) in [7, 11) is 0. The van der Waals surface area contributed by atoms with Crippen molar-refractivity contribution in [1.82, 2.24) is 15.1 Å². The summed E-state index contributed by atoms with van der Waals surface area (Å²) in [5.74, 6) is -1.72. The number of aliphatic hydroxyl groups is 1. The number of fused-ring (bicyclic) bond motifs is 1. The van der Waals surface area contributed by atoms with Crippen LogP contribution in [-0.4, -0.2) is 64.7 Å². The molecule has 3 amide bonds. The molecule has 2 aromatic rings. The van der Waals surface area contributed by atoms with Crippen molar-refractivity contribution in [3.8, 4) is 0 Å². The predicted molar refractivity (Wildman–Crippen MR) is 124 cm³/mol. The maximum atomic E-state index is 13.1. The Kier molecular flexibility index (Phi) is 6.07. The first kappa shape index (κ1) is 22.5. The number of benzene rings is 2. The lowest BCUT2D eigenvalue weighted by molar-refractivity contribution is -0.167. The largest absolute Gasteiger partial charge is 0.381 e. The Morgan fingerprint density at radius 3 is 2.56 bits per heavy atom. The molecule has 34 heavy (non-hydrogen) atoms. The lowest BCUT2D eigenvalue weighted by Crippen LogP contribution is -2.63. The molecule has 0 aromatic heterocycles. The third-order valence-corrected chi connectivity index (χ3v) is 6.82. The van der Waals surface area contributed by atoms with E-state index in [9.17, 15) is 19.5 Å². The monoisotopic (exact) mass is 464 g/mol. The highest BCUT2D eigenvalue weighted by Gasteiger charge is 2.51. The van der Waals surface area contributed by atoms with Gasteiger partial charge in [-0.15, -0.1) is 0 Å². The number of imide groups is 1. The van der Waals surface area contributed by atoms with Gasteiger partial charge in [0.1, 0.15) is 0 Å². The molecular formula is C25H28N4O5. The molecule has 9 heteroatoms. The molecule has 0 aliphatic carbocycles. The van der Waals surface area contributed by atoms with Crippen molar-refractivity contribution in [1.29, 1.82) is 0 Å². The van der Waals surface area contributed by atoms with Crippen LogP contribution in [0.15, 0.2) is 42.5 Å². The Labute approximate surface area is 197 Å². The molecule has 3 aliphatic rings. The van der Waals surface area contributed by atoms with E-state index in [-0.39, 0.29) is 19.4 Å². The first-order chi connectivity index (χ1) is 16.5. The Morgan fingerprint density at radius 1 is 1.03 bits per heavy atom. The van der Waals surface area contributed by atoms with Crippen molar-refractivity contribution in [3.05, 3.63) is 64.7 Å². The summed E-state index contributed by atoms with van der Waals surface area (Å²) in [6.07, 6.45) is -0.136. The molecule has 5 rings (SSSR count). The first-order valence-electron chi connectivity index (χ1n) is 11.6. The minimum atomic E-state index is -2.04. The number of nitrogens with zero attached hydrogens (tertiary/aromatic N) is 2. The summed E-state index contributed by atoms with van der Waals surface area (Å²) in [4.78, 5) is 40.6. The second-order valence-corrected chi connectivity index (χ2v) is 8.93. The van der Waals surface area contributed by atoms with Gasteiger partial charge in [-0.25, -0.2) is 0 Å². The minimum Gasteiger partial charge on any atom is -0.381 e. The molecule has 0 saturated carbocycles. The number of rotatable bonds is 6. The zero-order valence-electron chi connectivity index (χ0n) is 18.9. The molecule has 2 fully saturated rings. The van der Waals surface area contributed by atoms with E-state index in [0.717, 1.165) is 54.6 Å². The molecule has 3 heterocycles. The Bertz CT molecular complexity index is 1130. The van der Waals surface area contributed by atoms with Gasteiger partial charge in [0.15, 0.2) is 0 Å². The van der Waals surface area contributed by atoms with E-state index in [4.69, 9.17) is 4.74 Å². The van der Waals surface area contributed by atoms with Crippen molar-refractivity contribution in [3.63, 3.8) is 0 Å². The third-order valence-electron chi connectivity index (χ3n) is 6.82. The number of carbonyl (C=O) groups excluding carboxylic acids is 3. The van der Waals surface area contributed by atoms with Crippen molar-refractivity contribution < 1.29 is 24.2 Å². The van der Waals surface area contributed by atoms with Crippen molar-refractivity contribution >= 4 is 23.4 Å². The number of piperidine rings is 1. The van der Waals surface area contributed by atoms with E-state index in [0.29, 0.717) is 12.1 Å². The molecule has 1 atom stereocenters. The topological polar surface area (TPSA) is 111 Å². The Morgan fingerprint density at radius 2 is 1.79 bits per heavy atom. The fourth-order valence-electron chi connectivity index (χ4n) is 4.82. The smallest absolute Gasteiger partial charge is 0.279 e. The van der Waals surface area contributed by atoms with Gasteiger partial charge in [0.05, 0.1) is 19.8 Å². The predicted octanol–water partition coefficient (Wildman–Crippen LogP) is 1.21. The van der Waals surface area contributed by atoms with Crippen molar-refractivity contribution in [2.75, 3.05) is 31.6 Å². The quantitative estimate of drug-likeness (QED) is 0.551. The zero-order chi connectivity index (χ0) is 23.7. The highest BCUT2D eigenvalue weighted by molar-refractivity contribution is 6.07. The summed E-state index contributed by atoms with van der Waals surface area (Å²) >= 11 is 0. The van der Waals surface area contributed by atoms with Crippen LogP contribution in [0.1, 0.15) is 39.9 Å². The van der Waals surface area contributed by atoms with Crippen LogP contribution in [0, 0.1) is 0 Å². The summed E-state index contributed by atoms with van der Waals surface area (Å²) < 4.78 is 5.45. The highest BCUT2D eigenvalue weighted by Crippen LogP contribution is 2.36. The molecule has 2 aromatic carbocycles. The van der Waals surface area contributed by atoms with Gasteiger partial charge in [0.2, 0.25) is 11.6 Å². The molecule has 178 valence electrons. The van der Waals surface area contributed by atoms with E-state index in [1.165, 1.54) is 5.56 Å². The molecule has 0 bridgehead atoms. The van der Waals surface area contributed by atoms with Crippen LogP contribution in [0.5, 0.6) is 0 Å². The van der Waals surface area contributed by atoms with Crippen LogP contribution in [-0.2, 0) is 34.0 Å². The van der Waals surface area contributed by atoms with E-state index in [1.54, 1.807) is 12.1 Å². The average Bonchev–Trinajstić information content (AvgIpc) is 3.19. The van der Waals surface area contributed by atoms with Crippen molar-refractivity contribution in [2.24, 2.45) is 0 Å². The molecule has 1 unspecified atom stereocenters. The second kappa shape index (κ2) is 9.17. The number of hydrogen-bond acceptors (Lipinski definition) is 7. The summed E-state index contributed by atoms with van der Waals surface area (Å²) in [6, 6.07) is 13.7. The normalized spacial score (nSPS) is 23.1. The van der Waals surface area contributed by atoms with E-state index in [2.05, 4.69) is 27.7 Å². The number of amides is 3. The maximum Gasteiger partial charge on any atom is 0.279 e. The molecule has 0 spiro atoms. The van der Waals surface area contributed by atoms with E-state index < -0.39 is 23.4 Å². The van der Waals surface area contributed by atoms with Gasteiger partial charge in [-0.1, -0.05) is 30.3 Å². The standard InChI is InChI=1S/C25H28N4O5/c30-22-8-9-25(33,24(32)27-22)29-16-20-19(23(29)31)6-3-7-21(20)26-14-17-4-1-2-5-18(17)15-28-10-12-34-13-11-28/h1-7,26,33H,8-16H2,(H,27,30,32). The number of ether oxygens (including phenoxy) is 1. The highest BCUT2D eigenvalue weighted by atomic mass is 16.5. The zero-order valence-corrected chi connectivity index (χ0v) is 18.9. The van der Waals surface area contributed by atoms with Crippen LogP contribution >= 0.6 is 0 Å². The molecule has 2 saturated heterocycles. The minimum absolute atomic E-state index is 0.0204. The summed E-state index contributed by atoms with van der Waals surface area (Å²) in [5.41, 5.74) is 2.33. The van der Waals surface area contributed by atoms with Crippen LogP contribution < -0.4 is 10.6 Å². The van der Waals surface area contributed by atoms with Crippen LogP contribution in [0.25, 0.3) is 0 Å². The van der Waals surface area contributed by atoms with Gasteiger partial charge in [-0.05, 0) is 23.3 Å². The first-order valence-corrected chi connectivity index (χ1v) is 11.6. The summed E-state index contributed by atoms with van der Waals surface area (Å²) in [6.45, 7) is 4.83. The van der Waals surface area contributed by atoms with Gasteiger partial charge >= 0.3 is 0 Å². The number of hydrogen-bond donors (Lipinski definition) is 3.